The van der Waals surface area contributed by atoms with Gasteiger partial charge in [0.25, 0.3) is 0 Å². The molecule has 4 nitrogen and oxygen atoms in total. The summed E-state index contributed by atoms with van der Waals surface area (Å²) in [5.74, 6) is 2.46. The number of aromatic nitrogens is 2. The Hall–Kier alpha value is -1.16. The second-order valence-corrected chi connectivity index (χ2v) is 5.43. The lowest BCUT2D eigenvalue weighted by Gasteiger charge is -2.24. The van der Waals surface area contributed by atoms with Crippen LogP contribution in [0.2, 0.25) is 0 Å². The van der Waals surface area contributed by atoms with Crippen LogP contribution in [-0.4, -0.2) is 35.6 Å². The number of nitrogens with zero attached hydrogens (tertiary/aromatic N) is 3. The molecule has 17 heavy (non-hydrogen) atoms. The predicted octanol–water partition coefficient (Wildman–Crippen LogP) is 1.14. The van der Waals surface area contributed by atoms with Crippen molar-refractivity contribution >= 4 is 5.95 Å². The molecule has 3 unspecified atom stereocenters. The minimum absolute atomic E-state index is 0.552. The number of nitrogens with one attached hydrogen (secondary N) is 1. The average Bonchev–Trinajstić information content (AvgIpc) is 2.80. The molecule has 3 heterocycles. The third-order valence-electron chi connectivity index (χ3n) is 4.16. The molecule has 2 fully saturated rings. The number of fused-ring (bicyclic) bond motifs is 1. The highest BCUT2D eigenvalue weighted by Gasteiger charge is 2.42. The zero-order valence-electron chi connectivity index (χ0n) is 10.8. The summed E-state index contributed by atoms with van der Waals surface area (Å²) < 4.78 is 0. The van der Waals surface area contributed by atoms with E-state index in [0.717, 1.165) is 48.8 Å². The van der Waals surface area contributed by atoms with E-state index in [9.17, 15) is 0 Å². The molecular weight excluding hydrogens is 212 g/mol. The molecule has 3 rings (SSSR count). The van der Waals surface area contributed by atoms with Crippen molar-refractivity contribution in [3.63, 3.8) is 0 Å². The summed E-state index contributed by atoms with van der Waals surface area (Å²) in [6.45, 7) is 9.78. The van der Waals surface area contributed by atoms with Gasteiger partial charge in [0.1, 0.15) is 0 Å². The Labute approximate surface area is 102 Å². The summed E-state index contributed by atoms with van der Waals surface area (Å²) in [5.41, 5.74) is 2.13. The van der Waals surface area contributed by atoms with Gasteiger partial charge in [-0.3, -0.25) is 0 Å². The normalized spacial score (nSPS) is 31.9. The molecule has 1 aromatic heterocycles. The van der Waals surface area contributed by atoms with Crippen LogP contribution >= 0.6 is 0 Å². The average molecular weight is 232 g/mol. The van der Waals surface area contributed by atoms with Crippen LogP contribution in [0.25, 0.3) is 0 Å². The molecule has 0 amide bonds. The van der Waals surface area contributed by atoms with Crippen LogP contribution in [-0.2, 0) is 0 Å². The summed E-state index contributed by atoms with van der Waals surface area (Å²) in [5, 5.41) is 3.48. The maximum absolute atomic E-state index is 4.59. The zero-order chi connectivity index (χ0) is 12.0. The molecule has 4 heteroatoms. The van der Waals surface area contributed by atoms with Gasteiger partial charge in [0.2, 0.25) is 5.95 Å². The minimum atomic E-state index is 0.552. The van der Waals surface area contributed by atoms with Gasteiger partial charge in [-0.15, -0.1) is 0 Å². The molecule has 1 N–H and O–H groups in total. The second kappa shape index (κ2) is 3.95. The number of hydrogen-bond acceptors (Lipinski definition) is 4. The largest absolute Gasteiger partial charge is 0.337 e. The molecule has 0 aromatic carbocycles. The van der Waals surface area contributed by atoms with E-state index in [4.69, 9.17) is 0 Å². The van der Waals surface area contributed by atoms with E-state index < -0.39 is 0 Å². The Balaban J connectivity index is 1.89. The number of aryl methyl sites for hydroxylation is 2. The monoisotopic (exact) mass is 232 g/mol. The highest BCUT2D eigenvalue weighted by Crippen LogP contribution is 2.34. The van der Waals surface area contributed by atoms with Crippen LogP contribution in [0.4, 0.5) is 5.95 Å². The summed E-state index contributed by atoms with van der Waals surface area (Å²) in [4.78, 5) is 11.6. The van der Waals surface area contributed by atoms with Crippen molar-refractivity contribution in [3.8, 4) is 0 Å². The van der Waals surface area contributed by atoms with Crippen LogP contribution in [0.15, 0.2) is 6.07 Å². The molecule has 0 aliphatic carbocycles. The maximum Gasteiger partial charge on any atom is 0.226 e. The number of rotatable bonds is 1. The Morgan fingerprint density at radius 2 is 1.94 bits per heavy atom. The first-order valence-corrected chi connectivity index (χ1v) is 6.45. The van der Waals surface area contributed by atoms with E-state index in [1.165, 1.54) is 0 Å². The molecule has 1 aromatic rings. The van der Waals surface area contributed by atoms with Crippen LogP contribution in [0.1, 0.15) is 18.3 Å². The van der Waals surface area contributed by atoms with Crippen molar-refractivity contribution in [2.24, 2.45) is 11.8 Å². The van der Waals surface area contributed by atoms with Crippen molar-refractivity contribution in [1.29, 1.82) is 0 Å². The number of hydrogen-bond donors (Lipinski definition) is 1. The first kappa shape index (κ1) is 11.0. The van der Waals surface area contributed by atoms with Crippen LogP contribution in [0, 0.1) is 25.7 Å². The van der Waals surface area contributed by atoms with Gasteiger partial charge in [-0.25, -0.2) is 9.97 Å². The van der Waals surface area contributed by atoms with Gasteiger partial charge < -0.3 is 10.2 Å². The first-order chi connectivity index (χ1) is 8.15. The Bertz CT molecular complexity index is 411. The van der Waals surface area contributed by atoms with Gasteiger partial charge in [0.15, 0.2) is 0 Å². The summed E-state index contributed by atoms with van der Waals surface area (Å²) in [6, 6.07) is 2.59. The molecular formula is C13H20N4. The van der Waals surface area contributed by atoms with Crippen molar-refractivity contribution in [2.75, 3.05) is 24.5 Å². The lowest BCUT2D eigenvalue weighted by atomic mass is 9.95. The topological polar surface area (TPSA) is 41.1 Å². The molecule has 3 atom stereocenters. The summed E-state index contributed by atoms with van der Waals surface area (Å²) >= 11 is 0. The molecule has 0 spiro atoms. The van der Waals surface area contributed by atoms with Crippen LogP contribution in [0.3, 0.4) is 0 Å². The molecule has 2 aliphatic rings. The molecule has 2 saturated heterocycles. The van der Waals surface area contributed by atoms with Crippen LogP contribution in [0.5, 0.6) is 0 Å². The van der Waals surface area contributed by atoms with Crippen molar-refractivity contribution < 1.29 is 0 Å². The fourth-order valence-electron chi connectivity index (χ4n) is 3.27. The summed E-state index contributed by atoms with van der Waals surface area (Å²) in [6.07, 6.45) is 0. The highest BCUT2D eigenvalue weighted by atomic mass is 15.3. The molecule has 92 valence electrons. The third-order valence-corrected chi connectivity index (χ3v) is 4.16. The Morgan fingerprint density at radius 1 is 1.24 bits per heavy atom. The van der Waals surface area contributed by atoms with Crippen molar-refractivity contribution in [2.45, 2.75) is 26.8 Å². The minimum Gasteiger partial charge on any atom is -0.337 e. The van der Waals surface area contributed by atoms with E-state index in [-0.39, 0.29) is 0 Å². The van der Waals surface area contributed by atoms with E-state index >= 15 is 0 Å². The van der Waals surface area contributed by atoms with Crippen molar-refractivity contribution in [1.82, 2.24) is 15.3 Å². The van der Waals surface area contributed by atoms with E-state index in [1.54, 1.807) is 0 Å². The fourth-order valence-corrected chi connectivity index (χ4v) is 3.27. The predicted molar refractivity (Wildman–Crippen MR) is 68.2 cm³/mol. The Kier molecular flexibility index (Phi) is 2.54. The van der Waals surface area contributed by atoms with Gasteiger partial charge in [0, 0.05) is 37.1 Å². The third kappa shape index (κ3) is 1.80. The lowest BCUT2D eigenvalue weighted by Crippen LogP contribution is -2.34. The van der Waals surface area contributed by atoms with Gasteiger partial charge in [-0.2, -0.15) is 0 Å². The SMILES string of the molecule is Cc1cc(C)nc(N2CC3CNCC3C2C)n1. The van der Waals surface area contributed by atoms with Crippen molar-refractivity contribution in [3.05, 3.63) is 17.5 Å². The number of anilines is 1. The van der Waals surface area contributed by atoms with E-state index in [2.05, 4.69) is 27.1 Å². The lowest BCUT2D eigenvalue weighted by molar-refractivity contribution is 0.470. The molecule has 0 bridgehead atoms. The maximum atomic E-state index is 4.59. The van der Waals surface area contributed by atoms with E-state index in [1.807, 2.05) is 19.9 Å². The second-order valence-electron chi connectivity index (χ2n) is 5.43. The molecule has 2 aliphatic heterocycles. The quantitative estimate of drug-likeness (QED) is 0.788. The zero-order valence-corrected chi connectivity index (χ0v) is 10.8. The summed E-state index contributed by atoms with van der Waals surface area (Å²) in [7, 11) is 0. The molecule has 0 radical (unpaired) electrons. The van der Waals surface area contributed by atoms with Gasteiger partial charge >= 0.3 is 0 Å². The Morgan fingerprint density at radius 3 is 2.59 bits per heavy atom. The smallest absolute Gasteiger partial charge is 0.226 e. The van der Waals surface area contributed by atoms with E-state index in [0.29, 0.717) is 6.04 Å². The fraction of sp³-hybridized carbons (Fsp3) is 0.692. The van der Waals surface area contributed by atoms with Gasteiger partial charge in [-0.1, -0.05) is 0 Å². The van der Waals surface area contributed by atoms with Gasteiger partial charge in [-0.05, 0) is 38.7 Å². The van der Waals surface area contributed by atoms with Crippen LogP contribution < -0.4 is 10.2 Å². The molecule has 0 saturated carbocycles. The highest BCUT2D eigenvalue weighted by molar-refractivity contribution is 5.37. The van der Waals surface area contributed by atoms with Gasteiger partial charge in [0.05, 0.1) is 0 Å². The standard InChI is InChI=1S/C13H20N4/c1-8-4-9(2)16-13(15-8)17-7-11-5-14-6-12(11)10(17)3/h4,10-12,14H,5-7H2,1-3H3. The first-order valence-electron chi connectivity index (χ1n) is 6.45.